The van der Waals surface area contributed by atoms with Gasteiger partial charge in [-0.2, -0.15) is 0 Å². The zero-order chi connectivity index (χ0) is 16.5. The van der Waals surface area contributed by atoms with Crippen LogP contribution < -0.4 is 4.74 Å². The fourth-order valence-corrected chi connectivity index (χ4v) is 4.33. The molecule has 5 nitrogen and oxygen atoms in total. The lowest BCUT2D eigenvalue weighted by atomic mass is 9.92. The summed E-state index contributed by atoms with van der Waals surface area (Å²) in [5.74, 6) is 1.61. The number of amides is 1. The van der Waals surface area contributed by atoms with E-state index in [1.165, 1.54) is 0 Å². The van der Waals surface area contributed by atoms with Crippen molar-refractivity contribution < 1.29 is 14.3 Å². The predicted molar refractivity (Wildman–Crippen MR) is 91.2 cm³/mol. The second kappa shape index (κ2) is 6.73. The Kier molecular flexibility index (Phi) is 4.46. The lowest BCUT2D eigenvalue weighted by Gasteiger charge is -2.34. The number of carbonyl (C=O) groups is 1. The number of rotatable bonds is 2. The maximum atomic E-state index is 13.2. The number of nitrogens with zero attached hydrogens (tertiary/aromatic N) is 2. The SMILES string of the molecule is C[C@@H]1CN(C(=O)[C@H]2CCOc3ccccc32)C[C@@H]1N1CCOCC1. The van der Waals surface area contributed by atoms with Crippen LogP contribution in [0.1, 0.15) is 24.8 Å². The van der Waals surface area contributed by atoms with Gasteiger partial charge in [0.05, 0.1) is 25.7 Å². The minimum Gasteiger partial charge on any atom is -0.493 e. The van der Waals surface area contributed by atoms with Crippen molar-refractivity contribution in [1.82, 2.24) is 9.80 Å². The van der Waals surface area contributed by atoms with Crippen LogP contribution in [0.5, 0.6) is 5.75 Å². The van der Waals surface area contributed by atoms with Gasteiger partial charge in [0.15, 0.2) is 0 Å². The van der Waals surface area contributed by atoms with Gasteiger partial charge in [-0.05, 0) is 18.4 Å². The molecule has 0 saturated carbocycles. The van der Waals surface area contributed by atoms with E-state index >= 15 is 0 Å². The fourth-order valence-electron chi connectivity index (χ4n) is 4.33. The summed E-state index contributed by atoms with van der Waals surface area (Å²) in [4.78, 5) is 17.7. The number of likely N-dealkylation sites (tertiary alicyclic amines) is 1. The maximum absolute atomic E-state index is 13.2. The maximum Gasteiger partial charge on any atom is 0.230 e. The van der Waals surface area contributed by atoms with Gasteiger partial charge in [0.1, 0.15) is 5.75 Å². The molecule has 3 atom stereocenters. The monoisotopic (exact) mass is 330 g/mol. The Morgan fingerprint density at radius 3 is 2.75 bits per heavy atom. The van der Waals surface area contributed by atoms with Gasteiger partial charge < -0.3 is 14.4 Å². The Morgan fingerprint density at radius 2 is 1.92 bits per heavy atom. The van der Waals surface area contributed by atoms with Crippen LogP contribution in [0.25, 0.3) is 0 Å². The molecule has 0 bridgehead atoms. The Bertz CT molecular complexity index is 600. The average molecular weight is 330 g/mol. The van der Waals surface area contributed by atoms with Crippen LogP contribution in [0.3, 0.4) is 0 Å². The number of ether oxygens (including phenoxy) is 2. The highest BCUT2D eigenvalue weighted by molar-refractivity contribution is 5.85. The van der Waals surface area contributed by atoms with Crippen molar-refractivity contribution in [3.63, 3.8) is 0 Å². The van der Waals surface area contributed by atoms with Crippen LogP contribution in [0, 0.1) is 5.92 Å². The summed E-state index contributed by atoms with van der Waals surface area (Å²) >= 11 is 0. The lowest BCUT2D eigenvalue weighted by Crippen LogP contribution is -2.47. The van der Waals surface area contributed by atoms with Gasteiger partial charge in [-0.1, -0.05) is 25.1 Å². The largest absolute Gasteiger partial charge is 0.493 e. The van der Waals surface area contributed by atoms with Gasteiger partial charge in [-0.15, -0.1) is 0 Å². The van der Waals surface area contributed by atoms with Crippen molar-refractivity contribution in [2.45, 2.75) is 25.3 Å². The zero-order valence-corrected chi connectivity index (χ0v) is 14.3. The lowest BCUT2D eigenvalue weighted by molar-refractivity contribution is -0.132. The first-order valence-electron chi connectivity index (χ1n) is 9.06. The van der Waals surface area contributed by atoms with Gasteiger partial charge in [-0.25, -0.2) is 0 Å². The summed E-state index contributed by atoms with van der Waals surface area (Å²) < 4.78 is 11.2. The van der Waals surface area contributed by atoms with Crippen LogP contribution >= 0.6 is 0 Å². The standard InChI is InChI=1S/C19H26N2O3/c1-14-12-21(13-17(14)20-7-10-23-11-8-20)19(22)16-6-9-24-18-5-3-2-4-15(16)18/h2-5,14,16-17H,6-13H2,1H3/t14-,16+,17+/m1/s1. The molecule has 0 spiro atoms. The van der Waals surface area contributed by atoms with E-state index in [0.29, 0.717) is 18.6 Å². The average Bonchev–Trinajstić information content (AvgIpc) is 3.03. The fraction of sp³-hybridized carbons (Fsp3) is 0.632. The van der Waals surface area contributed by atoms with E-state index in [9.17, 15) is 4.79 Å². The molecule has 1 aromatic rings. The first-order chi connectivity index (χ1) is 11.7. The minimum absolute atomic E-state index is 0.0504. The smallest absolute Gasteiger partial charge is 0.230 e. The Labute approximate surface area is 143 Å². The third kappa shape index (κ3) is 2.91. The van der Waals surface area contributed by atoms with Crippen molar-refractivity contribution in [1.29, 1.82) is 0 Å². The molecule has 0 aromatic heterocycles. The third-order valence-corrected chi connectivity index (χ3v) is 5.66. The molecule has 3 heterocycles. The van der Waals surface area contributed by atoms with E-state index in [4.69, 9.17) is 9.47 Å². The summed E-state index contributed by atoms with van der Waals surface area (Å²) in [6, 6.07) is 8.44. The minimum atomic E-state index is -0.0504. The molecule has 0 aliphatic carbocycles. The highest BCUT2D eigenvalue weighted by Crippen LogP contribution is 2.36. The van der Waals surface area contributed by atoms with E-state index in [-0.39, 0.29) is 11.8 Å². The quantitative estimate of drug-likeness (QED) is 0.828. The molecule has 1 aromatic carbocycles. The molecule has 3 aliphatic rings. The highest BCUT2D eigenvalue weighted by atomic mass is 16.5. The van der Waals surface area contributed by atoms with Crippen molar-refractivity contribution >= 4 is 5.91 Å². The molecule has 0 N–H and O–H groups in total. The zero-order valence-electron chi connectivity index (χ0n) is 14.3. The van der Waals surface area contributed by atoms with Gasteiger partial charge in [0.25, 0.3) is 0 Å². The molecule has 5 heteroatoms. The number of benzene rings is 1. The van der Waals surface area contributed by atoms with Gasteiger partial charge in [-0.3, -0.25) is 9.69 Å². The van der Waals surface area contributed by atoms with Gasteiger partial charge in [0, 0.05) is 37.8 Å². The topological polar surface area (TPSA) is 42.0 Å². The molecule has 2 fully saturated rings. The van der Waals surface area contributed by atoms with Crippen LogP contribution in [0.2, 0.25) is 0 Å². The van der Waals surface area contributed by atoms with Crippen LogP contribution in [-0.2, 0) is 9.53 Å². The van der Waals surface area contributed by atoms with Crippen molar-refractivity contribution in [3.8, 4) is 5.75 Å². The second-order valence-corrected chi connectivity index (χ2v) is 7.16. The molecule has 3 aliphatic heterocycles. The molecule has 4 rings (SSSR count). The normalized spacial score (nSPS) is 30.7. The number of hydrogen-bond acceptors (Lipinski definition) is 4. The highest BCUT2D eigenvalue weighted by Gasteiger charge is 2.39. The number of carbonyl (C=O) groups excluding carboxylic acids is 1. The van der Waals surface area contributed by atoms with Crippen molar-refractivity contribution in [2.75, 3.05) is 46.0 Å². The molecule has 2 saturated heterocycles. The predicted octanol–water partition coefficient (Wildman–Crippen LogP) is 1.73. The van der Waals surface area contributed by atoms with E-state index in [1.54, 1.807) is 0 Å². The number of para-hydroxylation sites is 1. The molecule has 130 valence electrons. The summed E-state index contributed by atoms with van der Waals surface area (Å²) in [5.41, 5.74) is 1.05. The Balaban J connectivity index is 1.48. The van der Waals surface area contributed by atoms with Crippen LogP contribution in [0.15, 0.2) is 24.3 Å². The van der Waals surface area contributed by atoms with E-state index < -0.39 is 0 Å². The summed E-state index contributed by atoms with van der Waals surface area (Å²) in [5, 5.41) is 0. The van der Waals surface area contributed by atoms with E-state index in [1.807, 2.05) is 24.3 Å². The number of morpholine rings is 1. The first kappa shape index (κ1) is 15.9. The number of fused-ring (bicyclic) bond motifs is 1. The second-order valence-electron chi connectivity index (χ2n) is 7.16. The molecule has 0 unspecified atom stereocenters. The molecular formula is C19H26N2O3. The van der Waals surface area contributed by atoms with Crippen LogP contribution in [0.4, 0.5) is 0 Å². The Hall–Kier alpha value is -1.59. The molecule has 24 heavy (non-hydrogen) atoms. The van der Waals surface area contributed by atoms with Crippen molar-refractivity contribution in [3.05, 3.63) is 29.8 Å². The summed E-state index contributed by atoms with van der Waals surface area (Å²) in [7, 11) is 0. The first-order valence-corrected chi connectivity index (χ1v) is 9.06. The molecular weight excluding hydrogens is 304 g/mol. The van der Waals surface area contributed by atoms with E-state index in [2.05, 4.69) is 16.7 Å². The summed E-state index contributed by atoms with van der Waals surface area (Å²) in [6.45, 7) is 8.19. The van der Waals surface area contributed by atoms with E-state index in [0.717, 1.165) is 57.1 Å². The molecule has 0 radical (unpaired) electrons. The van der Waals surface area contributed by atoms with Gasteiger partial charge in [0.2, 0.25) is 5.91 Å². The van der Waals surface area contributed by atoms with Crippen molar-refractivity contribution in [2.24, 2.45) is 5.92 Å². The molecule has 1 amide bonds. The number of hydrogen-bond donors (Lipinski definition) is 0. The third-order valence-electron chi connectivity index (χ3n) is 5.66. The van der Waals surface area contributed by atoms with Gasteiger partial charge >= 0.3 is 0 Å². The summed E-state index contributed by atoms with van der Waals surface area (Å²) in [6.07, 6.45) is 0.781. The van der Waals surface area contributed by atoms with Crippen LogP contribution in [-0.4, -0.2) is 67.7 Å². The Morgan fingerprint density at radius 1 is 1.12 bits per heavy atom.